The zero-order valence-electron chi connectivity index (χ0n) is 9.24. The molecule has 1 N–H and O–H groups in total. The molecule has 1 atom stereocenters. The number of hydrogen-bond donors (Lipinski definition) is 1. The quantitative estimate of drug-likeness (QED) is 0.759. The maximum atomic E-state index is 5.45. The summed E-state index contributed by atoms with van der Waals surface area (Å²) in [6.45, 7) is 6.43. The molecule has 15 heavy (non-hydrogen) atoms. The number of nitrogens with one attached hydrogen (secondary N) is 1. The molecule has 0 aliphatic rings. The van der Waals surface area contributed by atoms with E-state index in [4.69, 9.17) is 11.2 Å². The smallest absolute Gasteiger partial charge is 0.225 e. The van der Waals surface area contributed by atoms with Crippen LogP contribution < -0.4 is 10.1 Å². The van der Waals surface area contributed by atoms with Gasteiger partial charge in [-0.3, -0.25) is 0 Å². The van der Waals surface area contributed by atoms with Gasteiger partial charge in [0.25, 0.3) is 0 Å². The predicted molar refractivity (Wildman–Crippen MR) is 59.9 cm³/mol. The summed E-state index contributed by atoms with van der Waals surface area (Å²) >= 11 is 0. The number of nitrogens with zero attached hydrogens (tertiary/aromatic N) is 2. The lowest BCUT2D eigenvalue weighted by molar-refractivity contribution is 0.266. The van der Waals surface area contributed by atoms with Gasteiger partial charge in [0.15, 0.2) is 6.10 Å². The molecule has 0 spiro atoms. The lowest BCUT2D eigenvalue weighted by Crippen LogP contribution is -2.12. The molecule has 1 heterocycles. The number of hydrogen-bond acceptors (Lipinski definition) is 4. The van der Waals surface area contributed by atoms with E-state index in [1.54, 1.807) is 13.1 Å². The molecule has 0 aliphatic heterocycles. The van der Waals surface area contributed by atoms with E-state index in [-0.39, 0.29) is 6.10 Å². The molecule has 0 saturated carbocycles. The second-order valence-corrected chi connectivity index (χ2v) is 3.14. The van der Waals surface area contributed by atoms with Gasteiger partial charge in [-0.25, -0.2) is 4.98 Å². The third-order valence-electron chi connectivity index (χ3n) is 1.78. The molecular weight excluding hydrogens is 190 g/mol. The van der Waals surface area contributed by atoms with Crippen LogP contribution in [0.15, 0.2) is 6.20 Å². The molecule has 0 aliphatic carbocycles. The fourth-order valence-electron chi connectivity index (χ4n) is 0.990. The predicted octanol–water partition coefficient (Wildman–Crippen LogP) is 1.62. The fraction of sp³-hybridized carbons (Fsp3) is 0.455. The molecule has 4 nitrogen and oxygen atoms in total. The van der Waals surface area contributed by atoms with Gasteiger partial charge in [-0.15, -0.1) is 6.42 Å². The molecule has 1 aromatic heterocycles. The molecule has 1 rings (SSSR count). The standard InChI is InChI=1S/C11H15N3O/c1-5-9(4)15-10-8(3)7-13-11(14-10)12-6-2/h1,7,9H,6H2,2-4H3,(H,12,13,14). The summed E-state index contributed by atoms with van der Waals surface area (Å²) in [7, 11) is 0. The van der Waals surface area contributed by atoms with Crippen LogP contribution in [0.25, 0.3) is 0 Å². The van der Waals surface area contributed by atoms with E-state index in [1.165, 1.54) is 0 Å². The first-order valence-electron chi connectivity index (χ1n) is 4.87. The van der Waals surface area contributed by atoms with Crippen LogP contribution >= 0.6 is 0 Å². The normalized spacial score (nSPS) is 11.6. The van der Waals surface area contributed by atoms with Gasteiger partial charge >= 0.3 is 0 Å². The van der Waals surface area contributed by atoms with Gasteiger partial charge in [-0.2, -0.15) is 4.98 Å². The SMILES string of the molecule is C#CC(C)Oc1nc(NCC)ncc1C. The van der Waals surface area contributed by atoms with E-state index in [0.29, 0.717) is 11.8 Å². The highest BCUT2D eigenvalue weighted by molar-refractivity contribution is 5.32. The van der Waals surface area contributed by atoms with Crippen molar-refractivity contribution in [2.75, 3.05) is 11.9 Å². The second-order valence-electron chi connectivity index (χ2n) is 3.14. The number of terminal acetylenes is 1. The molecule has 0 radical (unpaired) electrons. The summed E-state index contributed by atoms with van der Waals surface area (Å²) < 4.78 is 5.45. The first-order valence-corrected chi connectivity index (χ1v) is 4.87. The van der Waals surface area contributed by atoms with Crippen LogP contribution in [0, 0.1) is 19.3 Å². The molecular formula is C11H15N3O. The lowest BCUT2D eigenvalue weighted by atomic mass is 10.3. The van der Waals surface area contributed by atoms with Gasteiger partial charge in [0.2, 0.25) is 11.8 Å². The molecule has 1 aromatic rings. The van der Waals surface area contributed by atoms with Crippen molar-refractivity contribution in [2.45, 2.75) is 26.9 Å². The van der Waals surface area contributed by atoms with E-state index in [2.05, 4.69) is 21.2 Å². The van der Waals surface area contributed by atoms with Crippen molar-refractivity contribution >= 4 is 5.95 Å². The minimum Gasteiger partial charge on any atom is -0.461 e. The summed E-state index contributed by atoms with van der Waals surface area (Å²) in [6, 6.07) is 0. The Balaban J connectivity index is 2.86. The average molecular weight is 205 g/mol. The van der Waals surface area contributed by atoms with E-state index in [0.717, 1.165) is 12.1 Å². The van der Waals surface area contributed by atoms with Crippen LogP contribution in [-0.2, 0) is 0 Å². The van der Waals surface area contributed by atoms with Gasteiger partial charge in [0.1, 0.15) is 0 Å². The summed E-state index contributed by atoms with van der Waals surface area (Å²) in [5.41, 5.74) is 0.874. The Morgan fingerprint density at radius 2 is 2.40 bits per heavy atom. The van der Waals surface area contributed by atoms with Crippen LogP contribution in [-0.4, -0.2) is 22.6 Å². The van der Waals surface area contributed by atoms with E-state index >= 15 is 0 Å². The van der Waals surface area contributed by atoms with Gasteiger partial charge in [0, 0.05) is 18.3 Å². The van der Waals surface area contributed by atoms with Crippen molar-refractivity contribution in [1.82, 2.24) is 9.97 Å². The van der Waals surface area contributed by atoms with Crippen molar-refractivity contribution < 1.29 is 4.74 Å². The Bertz CT molecular complexity index is 371. The van der Waals surface area contributed by atoms with Crippen LogP contribution in [0.4, 0.5) is 5.95 Å². The Hall–Kier alpha value is -1.76. The minimum atomic E-state index is -0.284. The van der Waals surface area contributed by atoms with Crippen LogP contribution in [0.2, 0.25) is 0 Å². The fourth-order valence-corrected chi connectivity index (χ4v) is 0.990. The van der Waals surface area contributed by atoms with Crippen molar-refractivity contribution in [3.63, 3.8) is 0 Å². The summed E-state index contributed by atoms with van der Waals surface area (Å²) in [5, 5.41) is 3.01. The van der Waals surface area contributed by atoms with Gasteiger partial charge in [-0.1, -0.05) is 5.92 Å². The third-order valence-corrected chi connectivity index (χ3v) is 1.78. The average Bonchev–Trinajstić information content (AvgIpc) is 2.23. The van der Waals surface area contributed by atoms with Gasteiger partial charge in [0.05, 0.1) is 0 Å². The van der Waals surface area contributed by atoms with Gasteiger partial charge < -0.3 is 10.1 Å². The highest BCUT2D eigenvalue weighted by Crippen LogP contribution is 2.16. The van der Waals surface area contributed by atoms with Crippen LogP contribution in [0.5, 0.6) is 5.88 Å². The summed E-state index contributed by atoms with van der Waals surface area (Å²) in [5.74, 6) is 3.58. The van der Waals surface area contributed by atoms with Crippen molar-refractivity contribution in [1.29, 1.82) is 0 Å². The number of aryl methyl sites for hydroxylation is 1. The summed E-state index contributed by atoms with van der Waals surface area (Å²) in [6.07, 6.45) is 6.66. The number of ether oxygens (including phenoxy) is 1. The number of anilines is 1. The van der Waals surface area contributed by atoms with E-state index < -0.39 is 0 Å². The van der Waals surface area contributed by atoms with Crippen molar-refractivity contribution in [3.8, 4) is 18.2 Å². The Labute approximate surface area is 90.1 Å². The molecule has 1 unspecified atom stereocenters. The number of rotatable bonds is 4. The number of aromatic nitrogens is 2. The van der Waals surface area contributed by atoms with E-state index in [1.807, 2.05) is 13.8 Å². The van der Waals surface area contributed by atoms with Crippen LogP contribution in [0.3, 0.4) is 0 Å². The molecule has 0 saturated heterocycles. The first-order chi connectivity index (χ1) is 7.17. The zero-order valence-corrected chi connectivity index (χ0v) is 9.24. The Kier molecular flexibility index (Phi) is 3.92. The monoisotopic (exact) mass is 205 g/mol. The molecule has 80 valence electrons. The topological polar surface area (TPSA) is 47.0 Å². The van der Waals surface area contributed by atoms with Crippen molar-refractivity contribution in [3.05, 3.63) is 11.8 Å². The minimum absolute atomic E-state index is 0.284. The maximum absolute atomic E-state index is 5.45. The van der Waals surface area contributed by atoms with E-state index in [9.17, 15) is 0 Å². The Morgan fingerprint density at radius 1 is 1.67 bits per heavy atom. The molecule has 0 aromatic carbocycles. The largest absolute Gasteiger partial charge is 0.461 e. The molecule has 4 heteroatoms. The molecule has 0 fully saturated rings. The zero-order chi connectivity index (χ0) is 11.3. The third kappa shape index (κ3) is 3.13. The Morgan fingerprint density at radius 3 is 3.00 bits per heavy atom. The first kappa shape index (κ1) is 11.3. The second kappa shape index (κ2) is 5.20. The molecule has 0 amide bonds. The maximum Gasteiger partial charge on any atom is 0.225 e. The molecule has 0 bridgehead atoms. The lowest BCUT2D eigenvalue weighted by Gasteiger charge is -2.11. The van der Waals surface area contributed by atoms with Crippen molar-refractivity contribution in [2.24, 2.45) is 0 Å². The van der Waals surface area contributed by atoms with Gasteiger partial charge in [-0.05, 0) is 20.8 Å². The highest BCUT2D eigenvalue weighted by atomic mass is 16.5. The highest BCUT2D eigenvalue weighted by Gasteiger charge is 2.07. The summed E-state index contributed by atoms with van der Waals surface area (Å²) in [4.78, 5) is 8.32. The van der Waals surface area contributed by atoms with Crippen LogP contribution in [0.1, 0.15) is 19.4 Å².